The molecule has 0 bridgehead atoms. The standard InChI is InChI=1S/C17H17ClN2O/c18-14-5-3-13(4-6-14)16(17(21)20-15-7-8-15)10-12-2-1-9-19-11-12/h1-6,9,11,15-16H,7-8,10H2,(H,20,21). The quantitative estimate of drug-likeness (QED) is 0.920. The van der Waals surface area contributed by atoms with E-state index in [0.717, 1.165) is 24.0 Å². The molecule has 1 atom stereocenters. The van der Waals surface area contributed by atoms with Crippen molar-refractivity contribution in [3.8, 4) is 0 Å². The number of pyridine rings is 1. The average molecular weight is 301 g/mol. The number of amides is 1. The first kappa shape index (κ1) is 14.1. The van der Waals surface area contributed by atoms with E-state index in [2.05, 4.69) is 10.3 Å². The van der Waals surface area contributed by atoms with Gasteiger partial charge in [0.1, 0.15) is 0 Å². The third-order valence-corrected chi connectivity index (χ3v) is 3.93. The molecule has 3 rings (SSSR count). The molecule has 1 fully saturated rings. The van der Waals surface area contributed by atoms with Gasteiger partial charge in [0.25, 0.3) is 0 Å². The molecule has 0 spiro atoms. The van der Waals surface area contributed by atoms with Crippen molar-refractivity contribution >= 4 is 17.5 Å². The van der Waals surface area contributed by atoms with Crippen LogP contribution in [0.2, 0.25) is 5.02 Å². The molecule has 2 aromatic rings. The van der Waals surface area contributed by atoms with Crippen LogP contribution in [-0.2, 0) is 11.2 Å². The Morgan fingerprint density at radius 2 is 2.05 bits per heavy atom. The normalized spacial score (nSPS) is 15.5. The van der Waals surface area contributed by atoms with Crippen molar-refractivity contribution in [1.82, 2.24) is 10.3 Å². The van der Waals surface area contributed by atoms with E-state index in [-0.39, 0.29) is 11.8 Å². The maximum atomic E-state index is 12.5. The van der Waals surface area contributed by atoms with Gasteiger partial charge in [-0.15, -0.1) is 0 Å². The van der Waals surface area contributed by atoms with E-state index in [9.17, 15) is 4.79 Å². The molecule has 3 nitrogen and oxygen atoms in total. The second-order valence-electron chi connectivity index (χ2n) is 5.45. The van der Waals surface area contributed by atoms with Gasteiger partial charge in [-0.25, -0.2) is 0 Å². The van der Waals surface area contributed by atoms with Crippen LogP contribution in [-0.4, -0.2) is 16.9 Å². The monoisotopic (exact) mass is 300 g/mol. The predicted molar refractivity (Wildman–Crippen MR) is 83.3 cm³/mol. The SMILES string of the molecule is O=C(NC1CC1)C(Cc1cccnc1)c1ccc(Cl)cc1. The Balaban J connectivity index is 1.82. The molecular formula is C17H17ClN2O. The van der Waals surface area contributed by atoms with Gasteiger partial charge in [0.2, 0.25) is 5.91 Å². The first-order valence-electron chi connectivity index (χ1n) is 7.17. The Bertz CT molecular complexity index is 608. The van der Waals surface area contributed by atoms with Gasteiger partial charge in [0.15, 0.2) is 0 Å². The van der Waals surface area contributed by atoms with Gasteiger partial charge in [-0.1, -0.05) is 29.8 Å². The van der Waals surface area contributed by atoms with Crippen molar-refractivity contribution in [1.29, 1.82) is 0 Å². The summed E-state index contributed by atoms with van der Waals surface area (Å²) in [6.45, 7) is 0. The molecule has 1 N–H and O–H groups in total. The minimum absolute atomic E-state index is 0.0867. The summed E-state index contributed by atoms with van der Waals surface area (Å²) in [5, 5.41) is 3.78. The molecule has 1 aliphatic rings. The van der Waals surface area contributed by atoms with Crippen molar-refractivity contribution in [2.45, 2.75) is 31.2 Å². The van der Waals surface area contributed by atoms with E-state index in [4.69, 9.17) is 11.6 Å². The number of benzene rings is 1. The molecule has 4 heteroatoms. The molecule has 0 saturated heterocycles. The molecule has 1 heterocycles. The molecule has 108 valence electrons. The van der Waals surface area contributed by atoms with Gasteiger partial charge in [0.05, 0.1) is 5.92 Å². The zero-order chi connectivity index (χ0) is 14.7. The zero-order valence-corrected chi connectivity index (χ0v) is 12.4. The van der Waals surface area contributed by atoms with Crippen LogP contribution in [0.1, 0.15) is 29.9 Å². The van der Waals surface area contributed by atoms with Crippen molar-refractivity contribution < 1.29 is 4.79 Å². The lowest BCUT2D eigenvalue weighted by Gasteiger charge is -2.17. The van der Waals surface area contributed by atoms with Crippen LogP contribution in [0, 0.1) is 0 Å². The lowest BCUT2D eigenvalue weighted by Crippen LogP contribution is -2.32. The van der Waals surface area contributed by atoms with Gasteiger partial charge in [-0.3, -0.25) is 9.78 Å². The molecule has 1 saturated carbocycles. The number of halogens is 1. The van der Waals surface area contributed by atoms with Crippen LogP contribution < -0.4 is 5.32 Å². The number of nitrogens with zero attached hydrogens (tertiary/aromatic N) is 1. The van der Waals surface area contributed by atoms with Gasteiger partial charge in [-0.05, 0) is 48.6 Å². The predicted octanol–water partition coefficient (Wildman–Crippen LogP) is 3.34. The number of carbonyl (C=O) groups is 1. The molecule has 1 amide bonds. The third kappa shape index (κ3) is 3.82. The molecule has 1 unspecified atom stereocenters. The summed E-state index contributed by atoms with van der Waals surface area (Å²) in [6, 6.07) is 11.8. The van der Waals surface area contributed by atoms with Gasteiger partial charge < -0.3 is 5.32 Å². The van der Waals surface area contributed by atoms with Crippen molar-refractivity contribution in [3.63, 3.8) is 0 Å². The van der Waals surface area contributed by atoms with E-state index in [1.807, 2.05) is 42.6 Å². The summed E-state index contributed by atoms with van der Waals surface area (Å²) in [7, 11) is 0. The second-order valence-corrected chi connectivity index (χ2v) is 5.89. The number of carbonyl (C=O) groups excluding carboxylic acids is 1. The van der Waals surface area contributed by atoms with Crippen LogP contribution >= 0.6 is 11.6 Å². The Kier molecular flexibility index (Phi) is 4.20. The Morgan fingerprint density at radius 1 is 1.29 bits per heavy atom. The summed E-state index contributed by atoms with van der Waals surface area (Å²) in [5.74, 6) is -0.115. The first-order valence-corrected chi connectivity index (χ1v) is 7.55. The van der Waals surface area contributed by atoms with Crippen molar-refractivity contribution in [2.75, 3.05) is 0 Å². The minimum atomic E-state index is -0.202. The Hall–Kier alpha value is -1.87. The van der Waals surface area contributed by atoms with Gasteiger partial charge in [-0.2, -0.15) is 0 Å². The average Bonchev–Trinajstić information content (AvgIpc) is 3.31. The third-order valence-electron chi connectivity index (χ3n) is 3.68. The second kappa shape index (κ2) is 6.27. The zero-order valence-electron chi connectivity index (χ0n) is 11.6. The fourth-order valence-electron chi connectivity index (χ4n) is 2.34. The fourth-order valence-corrected chi connectivity index (χ4v) is 2.47. The highest BCUT2D eigenvalue weighted by atomic mass is 35.5. The molecule has 0 aliphatic heterocycles. The summed E-state index contributed by atoms with van der Waals surface area (Å²) >= 11 is 5.94. The van der Waals surface area contributed by atoms with E-state index < -0.39 is 0 Å². The maximum absolute atomic E-state index is 12.5. The van der Waals surface area contributed by atoms with Crippen molar-refractivity contribution in [3.05, 3.63) is 64.9 Å². The fraction of sp³-hybridized carbons (Fsp3) is 0.294. The number of hydrogen-bond acceptors (Lipinski definition) is 2. The molecular weight excluding hydrogens is 284 g/mol. The maximum Gasteiger partial charge on any atom is 0.228 e. The highest BCUT2D eigenvalue weighted by Crippen LogP contribution is 2.25. The minimum Gasteiger partial charge on any atom is -0.353 e. The number of rotatable bonds is 5. The van der Waals surface area contributed by atoms with Crippen LogP contribution in [0.4, 0.5) is 0 Å². The largest absolute Gasteiger partial charge is 0.353 e. The first-order chi connectivity index (χ1) is 10.2. The topological polar surface area (TPSA) is 42.0 Å². The molecule has 21 heavy (non-hydrogen) atoms. The molecule has 1 aromatic heterocycles. The van der Waals surface area contributed by atoms with E-state index in [0.29, 0.717) is 17.5 Å². The van der Waals surface area contributed by atoms with Crippen LogP contribution in [0.3, 0.4) is 0 Å². The number of hydrogen-bond donors (Lipinski definition) is 1. The number of aromatic nitrogens is 1. The molecule has 0 radical (unpaired) electrons. The summed E-state index contributed by atoms with van der Waals surface area (Å²) in [4.78, 5) is 16.6. The van der Waals surface area contributed by atoms with E-state index in [1.165, 1.54) is 0 Å². The van der Waals surface area contributed by atoms with E-state index in [1.54, 1.807) is 6.20 Å². The smallest absolute Gasteiger partial charge is 0.228 e. The van der Waals surface area contributed by atoms with Crippen LogP contribution in [0.5, 0.6) is 0 Å². The Labute approximate surface area is 129 Å². The summed E-state index contributed by atoms with van der Waals surface area (Å²) < 4.78 is 0. The lowest BCUT2D eigenvalue weighted by molar-refractivity contribution is -0.122. The van der Waals surface area contributed by atoms with Crippen LogP contribution in [0.15, 0.2) is 48.8 Å². The summed E-state index contributed by atoms with van der Waals surface area (Å²) in [5.41, 5.74) is 2.05. The Morgan fingerprint density at radius 3 is 2.67 bits per heavy atom. The number of nitrogens with one attached hydrogen (secondary N) is 1. The highest BCUT2D eigenvalue weighted by molar-refractivity contribution is 6.30. The molecule has 1 aromatic carbocycles. The van der Waals surface area contributed by atoms with Crippen LogP contribution in [0.25, 0.3) is 0 Å². The van der Waals surface area contributed by atoms with Gasteiger partial charge >= 0.3 is 0 Å². The van der Waals surface area contributed by atoms with Crippen molar-refractivity contribution in [2.24, 2.45) is 0 Å². The van der Waals surface area contributed by atoms with Gasteiger partial charge in [0, 0.05) is 23.5 Å². The lowest BCUT2D eigenvalue weighted by atomic mass is 9.91. The molecule has 1 aliphatic carbocycles. The highest BCUT2D eigenvalue weighted by Gasteiger charge is 2.28. The summed E-state index contributed by atoms with van der Waals surface area (Å²) in [6.07, 6.45) is 6.38. The van der Waals surface area contributed by atoms with E-state index >= 15 is 0 Å².